The van der Waals surface area contributed by atoms with Gasteiger partial charge in [0.1, 0.15) is 11.4 Å². The van der Waals surface area contributed by atoms with Crippen LogP contribution in [0.15, 0.2) is 24.4 Å². The van der Waals surface area contributed by atoms with E-state index in [1.807, 2.05) is 21.7 Å². The fourth-order valence-corrected chi connectivity index (χ4v) is 2.94. The number of halogens is 3. The Hall–Kier alpha value is -3.02. The molecule has 0 bridgehead atoms. The van der Waals surface area contributed by atoms with Gasteiger partial charge in [-0.3, -0.25) is 9.78 Å². The van der Waals surface area contributed by atoms with Gasteiger partial charge in [-0.15, -0.1) is 5.10 Å². The van der Waals surface area contributed by atoms with Crippen LogP contribution in [0.4, 0.5) is 13.2 Å². The summed E-state index contributed by atoms with van der Waals surface area (Å²) in [4.78, 5) is 27.6. The Morgan fingerprint density at radius 2 is 1.97 bits per heavy atom. The Morgan fingerprint density at radius 1 is 1.23 bits per heavy atom. The monoisotopic (exact) mass is 441 g/mol. The second-order valence-electron chi connectivity index (χ2n) is 7.26. The van der Waals surface area contributed by atoms with Gasteiger partial charge in [0, 0.05) is 25.9 Å². The van der Waals surface area contributed by atoms with Crippen molar-refractivity contribution in [3.05, 3.63) is 41.5 Å². The van der Waals surface area contributed by atoms with E-state index in [0.29, 0.717) is 25.4 Å². The Kier molecular flexibility index (Phi) is 7.21. The van der Waals surface area contributed by atoms with E-state index in [4.69, 9.17) is 14.6 Å². The lowest BCUT2D eigenvalue weighted by molar-refractivity contribution is -0.192. The van der Waals surface area contributed by atoms with Crippen LogP contribution in [0.25, 0.3) is 0 Å². The summed E-state index contributed by atoms with van der Waals surface area (Å²) >= 11 is 0. The van der Waals surface area contributed by atoms with Gasteiger partial charge in [0.05, 0.1) is 18.8 Å². The van der Waals surface area contributed by atoms with Crippen LogP contribution in [-0.4, -0.2) is 61.2 Å². The number of carbonyl (C=O) groups is 2. The fraction of sp³-hybridized carbons (Fsp3) is 0.526. The second kappa shape index (κ2) is 9.86. The minimum Gasteiger partial charge on any atom is -0.475 e. The number of rotatable bonds is 5. The smallest absolute Gasteiger partial charge is 0.475 e. The molecule has 1 amide bonds. The third-order valence-corrected chi connectivity index (χ3v) is 4.76. The molecule has 0 spiro atoms. The maximum absolute atomic E-state index is 12.7. The number of aliphatic carboxylic acids is 1. The lowest BCUT2D eigenvalue weighted by atomic mass is 10.2. The lowest BCUT2D eigenvalue weighted by Crippen LogP contribution is -2.31. The number of aryl methyl sites for hydroxylation is 1. The van der Waals surface area contributed by atoms with Crippen LogP contribution in [0.2, 0.25) is 0 Å². The number of hydrogen-bond donors (Lipinski definition) is 1. The van der Waals surface area contributed by atoms with E-state index < -0.39 is 12.1 Å². The summed E-state index contributed by atoms with van der Waals surface area (Å²) in [7, 11) is 0. The Morgan fingerprint density at radius 3 is 2.58 bits per heavy atom. The molecule has 0 radical (unpaired) electrons. The molecule has 2 aromatic rings. The molecule has 0 unspecified atom stereocenters. The van der Waals surface area contributed by atoms with Crippen molar-refractivity contribution in [1.29, 1.82) is 0 Å². The summed E-state index contributed by atoms with van der Waals surface area (Å²) in [5, 5.41) is 15.6. The molecule has 0 atom stereocenters. The fourth-order valence-electron chi connectivity index (χ4n) is 2.94. The minimum absolute atomic E-state index is 0.0462. The van der Waals surface area contributed by atoms with E-state index in [1.165, 1.54) is 12.8 Å². The molecule has 2 aliphatic rings. The van der Waals surface area contributed by atoms with Crippen LogP contribution in [0, 0.1) is 5.92 Å². The molecule has 1 aliphatic carbocycles. The van der Waals surface area contributed by atoms with Crippen LogP contribution in [-0.2, 0) is 29.2 Å². The number of alkyl halides is 3. The predicted octanol–water partition coefficient (Wildman–Crippen LogP) is 2.28. The number of ether oxygens (including phenoxy) is 1. The maximum atomic E-state index is 12.7. The molecule has 31 heavy (non-hydrogen) atoms. The van der Waals surface area contributed by atoms with Crippen molar-refractivity contribution >= 4 is 11.9 Å². The highest BCUT2D eigenvalue weighted by molar-refractivity contribution is 5.92. The molecular weight excluding hydrogens is 419 g/mol. The van der Waals surface area contributed by atoms with Gasteiger partial charge >= 0.3 is 12.1 Å². The molecule has 4 rings (SSSR count). The summed E-state index contributed by atoms with van der Waals surface area (Å²) in [5.41, 5.74) is 2.30. The predicted molar refractivity (Wildman–Crippen MR) is 99.7 cm³/mol. The van der Waals surface area contributed by atoms with Gasteiger partial charge in [-0.05, 0) is 37.3 Å². The van der Waals surface area contributed by atoms with Crippen molar-refractivity contribution in [3.8, 4) is 0 Å². The van der Waals surface area contributed by atoms with Gasteiger partial charge in [-0.1, -0.05) is 11.3 Å². The molecule has 1 saturated carbocycles. The summed E-state index contributed by atoms with van der Waals surface area (Å²) in [5.74, 6) is -2.08. The molecule has 168 valence electrons. The van der Waals surface area contributed by atoms with Crippen molar-refractivity contribution in [2.24, 2.45) is 5.92 Å². The lowest BCUT2D eigenvalue weighted by Gasteiger charge is -2.19. The molecule has 1 aliphatic heterocycles. The SMILES string of the molecule is O=C(O)C(F)(F)F.O=C(c1ccccn1)N1CCCn2nnc(COCC3CC3)c2C1. The largest absolute Gasteiger partial charge is 0.490 e. The van der Waals surface area contributed by atoms with Crippen molar-refractivity contribution in [2.45, 2.75) is 45.1 Å². The number of hydrogen-bond acceptors (Lipinski definition) is 6. The van der Waals surface area contributed by atoms with Gasteiger partial charge in [0.25, 0.3) is 5.91 Å². The Bertz CT molecular complexity index is 900. The zero-order valence-electron chi connectivity index (χ0n) is 16.6. The van der Waals surface area contributed by atoms with Gasteiger partial charge in [0.15, 0.2) is 0 Å². The molecule has 0 aromatic carbocycles. The molecule has 0 saturated heterocycles. The second-order valence-corrected chi connectivity index (χ2v) is 7.26. The summed E-state index contributed by atoms with van der Waals surface area (Å²) in [6, 6.07) is 5.40. The van der Waals surface area contributed by atoms with E-state index in [-0.39, 0.29) is 5.91 Å². The summed E-state index contributed by atoms with van der Waals surface area (Å²) in [6.45, 7) is 3.24. The molecule has 3 heterocycles. The number of carbonyl (C=O) groups excluding carboxylic acids is 1. The highest BCUT2D eigenvalue weighted by atomic mass is 19.4. The van der Waals surface area contributed by atoms with Gasteiger partial charge < -0.3 is 14.7 Å². The zero-order valence-corrected chi connectivity index (χ0v) is 16.6. The van der Waals surface area contributed by atoms with Crippen LogP contribution in [0.3, 0.4) is 0 Å². The molecule has 9 nitrogen and oxygen atoms in total. The van der Waals surface area contributed by atoms with Gasteiger partial charge in [-0.2, -0.15) is 13.2 Å². The molecule has 12 heteroatoms. The minimum atomic E-state index is -5.08. The van der Waals surface area contributed by atoms with E-state index in [9.17, 15) is 18.0 Å². The normalized spacial score (nSPS) is 16.0. The first-order chi connectivity index (χ1) is 14.8. The van der Waals surface area contributed by atoms with Gasteiger partial charge in [0.2, 0.25) is 0 Å². The number of fused-ring (bicyclic) bond motifs is 1. The van der Waals surface area contributed by atoms with Crippen molar-refractivity contribution in [2.75, 3.05) is 13.2 Å². The number of aromatic nitrogens is 4. The zero-order chi connectivity index (χ0) is 22.4. The van der Waals surface area contributed by atoms with Crippen molar-refractivity contribution in [3.63, 3.8) is 0 Å². The first-order valence-electron chi connectivity index (χ1n) is 9.75. The number of carboxylic acid groups (broad SMARTS) is 1. The van der Waals surface area contributed by atoms with E-state index >= 15 is 0 Å². The number of carboxylic acids is 1. The quantitative estimate of drug-likeness (QED) is 0.758. The summed E-state index contributed by atoms with van der Waals surface area (Å²) in [6.07, 6.45) is -0.0386. The van der Waals surface area contributed by atoms with Crippen LogP contribution >= 0.6 is 0 Å². The molecule has 2 aromatic heterocycles. The third kappa shape index (κ3) is 6.48. The van der Waals surface area contributed by atoms with Crippen molar-refractivity contribution in [1.82, 2.24) is 24.9 Å². The number of pyridine rings is 1. The Labute approximate surface area is 175 Å². The van der Waals surface area contributed by atoms with E-state index in [2.05, 4.69) is 15.3 Å². The maximum Gasteiger partial charge on any atom is 0.490 e. The topological polar surface area (TPSA) is 110 Å². The van der Waals surface area contributed by atoms with Crippen molar-refractivity contribution < 1.29 is 32.6 Å². The van der Waals surface area contributed by atoms with E-state index in [1.54, 1.807) is 12.3 Å². The third-order valence-electron chi connectivity index (χ3n) is 4.76. The number of amides is 1. The molecule has 1 N–H and O–H groups in total. The Balaban J connectivity index is 0.000000339. The van der Waals surface area contributed by atoms with E-state index in [0.717, 1.165) is 36.9 Å². The first kappa shape index (κ1) is 22.7. The van der Waals surface area contributed by atoms with Crippen LogP contribution in [0.1, 0.15) is 41.1 Å². The standard InChI is InChI=1S/C17H21N5O2.C2HF3O2/c23-17(14-4-1-2-7-18-14)21-8-3-9-22-16(10-21)15(19-20-22)12-24-11-13-5-6-13;3-2(4,5)1(6)7/h1-2,4,7,13H,3,5-6,8-12H2;(H,6,7). The molecule has 1 fully saturated rings. The van der Waals surface area contributed by atoms with Crippen LogP contribution in [0.5, 0.6) is 0 Å². The van der Waals surface area contributed by atoms with Crippen LogP contribution < -0.4 is 0 Å². The summed E-state index contributed by atoms with van der Waals surface area (Å²) < 4.78 is 39.4. The molecular formula is C19H22F3N5O4. The van der Waals surface area contributed by atoms with Gasteiger partial charge in [-0.25, -0.2) is 9.48 Å². The average molecular weight is 441 g/mol. The highest BCUT2D eigenvalue weighted by Crippen LogP contribution is 2.29. The average Bonchev–Trinajstić information content (AvgIpc) is 3.52. The highest BCUT2D eigenvalue weighted by Gasteiger charge is 2.38. The number of nitrogens with zero attached hydrogens (tertiary/aromatic N) is 5. The first-order valence-corrected chi connectivity index (χ1v) is 9.75.